The zero-order valence-corrected chi connectivity index (χ0v) is 10.3. The summed E-state index contributed by atoms with van der Waals surface area (Å²) in [4.78, 5) is 18.1. The van der Waals surface area contributed by atoms with E-state index in [4.69, 9.17) is 0 Å². The second-order valence-corrected chi connectivity index (χ2v) is 4.80. The number of nitrogens with one attached hydrogen (secondary N) is 1. The summed E-state index contributed by atoms with van der Waals surface area (Å²) in [7, 11) is 0. The van der Waals surface area contributed by atoms with Gasteiger partial charge in [-0.05, 0) is 12.1 Å². The van der Waals surface area contributed by atoms with E-state index in [1.807, 2.05) is 18.3 Å². The smallest absolute Gasteiger partial charge is 0.185 e. The van der Waals surface area contributed by atoms with E-state index in [1.165, 1.54) is 11.8 Å². The third-order valence-corrected chi connectivity index (χ3v) is 2.98. The molecule has 2 rings (SSSR count). The second-order valence-electron chi connectivity index (χ2n) is 3.53. The molecule has 0 bridgehead atoms. The molecule has 0 spiro atoms. The summed E-state index contributed by atoms with van der Waals surface area (Å²) in [6.07, 6.45) is 4.34. The molecule has 17 heavy (non-hydrogen) atoms. The summed E-state index contributed by atoms with van der Waals surface area (Å²) in [5.74, 6) is 6.83. The van der Waals surface area contributed by atoms with Crippen LogP contribution in [-0.2, 0) is 4.79 Å². The highest BCUT2D eigenvalue weighted by Gasteiger charge is 1.95. The number of carbonyl (C=O) groups is 1. The lowest BCUT2D eigenvalue weighted by atomic mass is 10.2. The monoisotopic (exact) mass is 244 g/mol. The first kappa shape index (κ1) is 11.7. The molecule has 86 valence electrons. The maximum absolute atomic E-state index is 10.7. The topological polar surface area (TPSA) is 45.8 Å². The van der Waals surface area contributed by atoms with Crippen LogP contribution in [0.2, 0.25) is 0 Å². The third-order valence-electron chi connectivity index (χ3n) is 2.16. The molecule has 2 heterocycles. The molecule has 0 amide bonds. The molecule has 3 nitrogen and oxygen atoms in total. The second kappa shape index (κ2) is 5.55. The van der Waals surface area contributed by atoms with Crippen LogP contribution in [0.25, 0.3) is 11.0 Å². The van der Waals surface area contributed by atoms with Crippen molar-refractivity contribution < 1.29 is 4.79 Å². The zero-order chi connectivity index (χ0) is 12.1. The fraction of sp³-hybridized carbons (Fsp3) is 0.231. The van der Waals surface area contributed by atoms with Gasteiger partial charge in [-0.3, -0.25) is 9.78 Å². The van der Waals surface area contributed by atoms with Gasteiger partial charge in [0.1, 0.15) is 0 Å². The van der Waals surface area contributed by atoms with Crippen molar-refractivity contribution in [2.24, 2.45) is 0 Å². The van der Waals surface area contributed by atoms with Crippen LogP contribution >= 0.6 is 11.8 Å². The van der Waals surface area contributed by atoms with Gasteiger partial charge in [-0.1, -0.05) is 23.6 Å². The summed E-state index contributed by atoms with van der Waals surface area (Å²) >= 11 is 1.31. The Bertz CT molecular complexity index is 592. The molecule has 0 atom stereocenters. The Morgan fingerprint density at radius 2 is 2.47 bits per heavy atom. The molecule has 0 aliphatic heterocycles. The SMILES string of the molecule is CC(=O)SCCC#Cc1cnc2cc[nH]c2c1. The van der Waals surface area contributed by atoms with E-state index in [-0.39, 0.29) is 5.12 Å². The average Bonchev–Trinajstić information content (AvgIpc) is 2.75. The van der Waals surface area contributed by atoms with Crippen molar-refractivity contribution in [3.8, 4) is 11.8 Å². The molecule has 0 aromatic carbocycles. The molecule has 4 heteroatoms. The molecule has 0 radical (unpaired) electrons. The number of pyridine rings is 1. The zero-order valence-electron chi connectivity index (χ0n) is 9.49. The van der Waals surface area contributed by atoms with Crippen molar-refractivity contribution in [1.82, 2.24) is 9.97 Å². The first-order valence-electron chi connectivity index (χ1n) is 5.31. The number of nitrogens with zero attached hydrogens (tertiary/aromatic N) is 1. The van der Waals surface area contributed by atoms with Crippen molar-refractivity contribution >= 4 is 27.9 Å². The Morgan fingerprint density at radius 1 is 1.59 bits per heavy atom. The highest BCUT2D eigenvalue weighted by Crippen LogP contribution is 2.10. The molecule has 0 unspecified atom stereocenters. The first-order chi connectivity index (χ1) is 8.25. The summed E-state index contributed by atoms with van der Waals surface area (Å²) in [6, 6.07) is 3.91. The number of hydrogen-bond donors (Lipinski definition) is 1. The standard InChI is InChI=1S/C13H12N2OS/c1-10(16)17-7-3-2-4-11-8-13-12(15-9-11)5-6-14-13/h5-6,8-9,14H,3,7H2,1H3. The Balaban J connectivity index is 1.98. The van der Waals surface area contributed by atoms with Crippen LogP contribution < -0.4 is 0 Å². The molecule has 0 saturated heterocycles. The molecule has 1 N–H and O–H groups in total. The van der Waals surface area contributed by atoms with E-state index in [9.17, 15) is 4.79 Å². The van der Waals surface area contributed by atoms with Gasteiger partial charge in [0.15, 0.2) is 5.12 Å². The van der Waals surface area contributed by atoms with Crippen LogP contribution in [0.3, 0.4) is 0 Å². The molecular weight excluding hydrogens is 232 g/mol. The fourth-order valence-corrected chi connectivity index (χ4v) is 1.90. The summed E-state index contributed by atoms with van der Waals surface area (Å²) in [5, 5.41) is 0.140. The van der Waals surface area contributed by atoms with Crippen molar-refractivity contribution in [2.45, 2.75) is 13.3 Å². The van der Waals surface area contributed by atoms with E-state index >= 15 is 0 Å². The molecule has 0 fully saturated rings. The summed E-state index contributed by atoms with van der Waals surface area (Å²) in [6.45, 7) is 1.57. The minimum atomic E-state index is 0.140. The molecular formula is C13H12N2OS. The molecule has 2 aromatic rings. The number of rotatable bonds is 2. The molecule has 2 aromatic heterocycles. The number of carbonyl (C=O) groups excluding carboxylic acids is 1. The van der Waals surface area contributed by atoms with Crippen molar-refractivity contribution in [1.29, 1.82) is 0 Å². The third kappa shape index (κ3) is 3.36. The van der Waals surface area contributed by atoms with Gasteiger partial charge in [-0.15, -0.1) is 0 Å². The lowest BCUT2D eigenvalue weighted by Crippen LogP contribution is -1.84. The minimum absolute atomic E-state index is 0.140. The van der Waals surface area contributed by atoms with Crippen LogP contribution in [0, 0.1) is 11.8 Å². The van der Waals surface area contributed by atoms with E-state index in [0.29, 0.717) is 6.42 Å². The fourth-order valence-electron chi connectivity index (χ4n) is 1.41. The van der Waals surface area contributed by atoms with E-state index < -0.39 is 0 Å². The van der Waals surface area contributed by atoms with Gasteiger partial charge in [0, 0.05) is 37.1 Å². The molecule has 0 aliphatic rings. The Morgan fingerprint density at radius 3 is 3.29 bits per heavy atom. The van der Waals surface area contributed by atoms with Gasteiger partial charge >= 0.3 is 0 Å². The molecule has 0 aliphatic carbocycles. The van der Waals surface area contributed by atoms with E-state index in [1.54, 1.807) is 13.1 Å². The van der Waals surface area contributed by atoms with E-state index in [2.05, 4.69) is 21.8 Å². The Hall–Kier alpha value is -1.73. The highest BCUT2D eigenvalue weighted by molar-refractivity contribution is 8.13. The first-order valence-corrected chi connectivity index (χ1v) is 6.29. The number of thioether (sulfide) groups is 1. The van der Waals surface area contributed by atoms with E-state index in [0.717, 1.165) is 22.3 Å². The van der Waals surface area contributed by atoms with Crippen molar-refractivity contribution in [3.63, 3.8) is 0 Å². The Kier molecular flexibility index (Phi) is 3.84. The van der Waals surface area contributed by atoms with Crippen molar-refractivity contribution in [3.05, 3.63) is 30.1 Å². The van der Waals surface area contributed by atoms with Crippen LogP contribution in [0.4, 0.5) is 0 Å². The van der Waals surface area contributed by atoms with Gasteiger partial charge in [-0.25, -0.2) is 0 Å². The lowest BCUT2D eigenvalue weighted by Gasteiger charge is -1.91. The van der Waals surface area contributed by atoms with Gasteiger partial charge < -0.3 is 4.98 Å². The van der Waals surface area contributed by atoms with Gasteiger partial charge in [-0.2, -0.15) is 0 Å². The minimum Gasteiger partial charge on any atom is -0.360 e. The summed E-state index contributed by atoms with van der Waals surface area (Å²) in [5.41, 5.74) is 2.84. The van der Waals surface area contributed by atoms with Crippen LogP contribution in [0.15, 0.2) is 24.5 Å². The lowest BCUT2D eigenvalue weighted by molar-refractivity contribution is -0.109. The quantitative estimate of drug-likeness (QED) is 0.652. The highest BCUT2D eigenvalue weighted by atomic mass is 32.2. The van der Waals surface area contributed by atoms with Crippen molar-refractivity contribution in [2.75, 3.05) is 5.75 Å². The van der Waals surface area contributed by atoms with Gasteiger partial charge in [0.05, 0.1) is 11.0 Å². The molecule has 0 saturated carbocycles. The number of aromatic amines is 1. The average molecular weight is 244 g/mol. The van der Waals surface area contributed by atoms with Gasteiger partial charge in [0.25, 0.3) is 0 Å². The predicted octanol–water partition coefficient (Wildman–Crippen LogP) is 2.58. The number of aromatic nitrogens is 2. The maximum Gasteiger partial charge on any atom is 0.185 e. The number of fused-ring (bicyclic) bond motifs is 1. The number of H-pyrrole nitrogens is 1. The Labute approximate surface area is 104 Å². The van der Waals surface area contributed by atoms with Crippen LogP contribution in [0.1, 0.15) is 18.9 Å². The number of hydrogen-bond acceptors (Lipinski definition) is 3. The van der Waals surface area contributed by atoms with Crippen LogP contribution in [0.5, 0.6) is 0 Å². The maximum atomic E-state index is 10.7. The van der Waals surface area contributed by atoms with Gasteiger partial charge in [0.2, 0.25) is 0 Å². The van der Waals surface area contributed by atoms with Crippen LogP contribution in [-0.4, -0.2) is 20.8 Å². The largest absolute Gasteiger partial charge is 0.360 e. The summed E-state index contributed by atoms with van der Waals surface area (Å²) < 4.78 is 0. The normalized spacial score (nSPS) is 9.94. The predicted molar refractivity (Wildman–Crippen MR) is 70.7 cm³/mol.